The fourth-order valence-corrected chi connectivity index (χ4v) is 3.12. The van der Waals surface area contributed by atoms with E-state index in [4.69, 9.17) is 4.74 Å². The van der Waals surface area contributed by atoms with E-state index in [1.165, 1.54) is 22.6 Å². The number of carbonyl (C=O) groups is 3. The number of nitrogens with zero attached hydrogens (tertiary/aromatic N) is 3. The number of amides is 2. The van der Waals surface area contributed by atoms with Crippen LogP contribution in [-0.2, 0) is 21.4 Å². The van der Waals surface area contributed by atoms with Crippen LogP contribution >= 0.6 is 0 Å². The van der Waals surface area contributed by atoms with E-state index in [1.807, 2.05) is 0 Å². The van der Waals surface area contributed by atoms with Crippen LogP contribution in [0.1, 0.15) is 23.7 Å². The van der Waals surface area contributed by atoms with Gasteiger partial charge in [-0.05, 0) is 25.1 Å². The first-order valence-electron chi connectivity index (χ1n) is 8.60. The van der Waals surface area contributed by atoms with Crippen molar-refractivity contribution >= 4 is 28.8 Å². The van der Waals surface area contributed by atoms with Crippen molar-refractivity contribution in [1.29, 1.82) is 0 Å². The van der Waals surface area contributed by atoms with Crippen molar-refractivity contribution in [1.82, 2.24) is 19.8 Å². The molecule has 1 fully saturated rings. The van der Waals surface area contributed by atoms with Gasteiger partial charge >= 0.3 is 5.97 Å². The lowest BCUT2D eigenvalue weighted by Gasteiger charge is -2.35. The van der Waals surface area contributed by atoms with Crippen molar-refractivity contribution in [2.24, 2.45) is 7.05 Å². The van der Waals surface area contributed by atoms with E-state index in [2.05, 4.69) is 10.3 Å². The van der Waals surface area contributed by atoms with Crippen molar-refractivity contribution in [3.05, 3.63) is 40.3 Å². The van der Waals surface area contributed by atoms with Gasteiger partial charge < -0.3 is 15.0 Å². The van der Waals surface area contributed by atoms with Gasteiger partial charge in [0, 0.05) is 25.2 Å². The Bertz CT molecular complexity index is 968. The summed E-state index contributed by atoms with van der Waals surface area (Å²) in [6, 6.07) is 4.35. The van der Waals surface area contributed by atoms with Gasteiger partial charge in [-0.3, -0.25) is 23.7 Å². The molecular weight excluding hydrogens is 352 g/mol. The molecule has 27 heavy (non-hydrogen) atoms. The molecule has 9 nitrogen and oxygen atoms in total. The summed E-state index contributed by atoms with van der Waals surface area (Å²) in [6.07, 6.45) is 1.50. The summed E-state index contributed by atoms with van der Waals surface area (Å²) in [7, 11) is 1.54. The average Bonchev–Trinajstić information content (AvgIpc) is 2.66. The molecule has 1 N–H and O–H groups in total. The van der Waals surface area contributed by atoms with E-state index in [0.29, 0.717) is 11.0 Å². The molecule has 1 unspecified atom stereocenters. The van der Waals surface area contributed by atoms with Gasteiger partial charge in [-0.25, -0.2) is 4.98 Å². The van der Waals surface area contributed by atoms with Gasteiger partial charge in [0.05, 0.1) is 19.1 Å². The first-order valence-corrected chi connectivity index (χ1v) is 8.60. The minimum Gasteiger partial charge on any atom is -0.466 e. The number of pyridine rings is 2. The van der Waals surface area contributed by atoms with E-state index in [1.54, 1.807) is 25.3 Å². The molecule has 9 heteroatoms. The van der Waals surface area contributed by atoms with Crippen LogP contribution in [0.3, 0.4) is 0 Å². The number of rotatable bonds is 4. The molecule has 2 aromatic rings. The third-order valence-corrected chi connectivity index (χ3v) is 4.46. The normalized spacial score (nSPS) is 16.9. The topological polar surface area (TPSA) is 111 Å². The zero-order valence-electron chi connectivity index (χ0n) is 15.1. The standard InChI is InChI=1S/C18H20N4O5/c1-3-27-15(24)8-12-9-20-14(23)10-22(12)18(26)13-7-11-5-4-6-19-16(11)21(2)17(13)25/h4-7,12H,3,8-10H2,1-2H3,(H,20,23). The molecule has 0 bridgehead atoms. The van der Waals surface area contributed by atoms with Crippen LogP contribution in [0.5, 0.6) is 0 Å². The number of nitrogens with one attached hydrogen (secondary N) is 1. The van der Waals surface area contributed by atoms with Crippen LogP contribution in [0.15, 0.2) is 29.2 Å². The van der Waals surface area contributed by atoms with Gasteiger partial charge in [-0.15, -0.1) is 0 Å². The van der Waals surface area contributed by atoms with Gasteiger partial charge in [0.2, 0.25) is 5.91 Å². The predicted octanol–water partition coefficient (Wildman–Crippen LogP) is -0.173. The Hall–Kier alpha value is -3.23. The van der Waals surface area contributed by atoms with Crippen molar-refractivity contribution in [3.8, 4) is 0 Å². The van der Waals surface area contributed by atoms with Crippen LogP contribution < -0.4 is 10.9 Å². The van der Waals surface area contributed by atoms with E-state index in [9.17, 15) is 19.2 Å². The first-order chi connectivity index (χ1) is 12.9. The second-order valence-electron chi connectivity index (χ2n) is 6.24. The third kappa shape index (κ3) is 3.67. The van der Waals surface area contributed by atoms with Crippen LogP contribution in [0.25, 0.3) is 11.0 Å². The largest absolute Gasteiger partial charge is 0.466 e. The summed E-state index contributed by atoms with van der Waals surface area (Å²) < 4.78 is 6.24. The zero-order valence-corrected chi connectivity index (χ0v) is 15.1. The lowest BCUT2D eigenvalue weighted by molar-refractivity contribution is -0.145. The summed E-state index contributed by atoms with van der Waals surface area (Å²) in [5.74, 6) is -1.40. The van der Waals surface area contributed by atoms with Crippen LogP contribution in [-0.4, -0.2) is 58.0 Å². The number of ether oxygens (including phenoxy) is 1. The lowest BCUT2D eigenvalue weighted by atomic mass is 10.1. The molecule has 0 radical (unpaired) electrons. The summed E-state index contributed by atoms with van der Waals surface area (Å²) in [5.41, 5.74) is -0.118. The molecule has 3 rings (SSSR count). The number of hydrogen-bond donors (Lipinski definition) is 1. The summed E-state index contributed by atoms with van der Waals surface area (Å²) in [5, 5.41) is 3.27. The number of esters is 1. The van der Waals surface area contributed by atoms with Crippen LogP contribution in [0, 0.1) is 0 Å². The molecule has 0 spiro atoms. The number of hydrogen-bond acceptors (Lipinski definition) is 6. The average molecular weight is 372 g/mol. The summed E-state index contributed by atoms with van der Waals surface area (Å²) in [6.45, 7) is 1.82. The van der Waals surface area contributed by atoms with Crippen LogP contribution in [0.4, 0.5) is 0 Å². The number of carbonyl (C=O) groups excluding carboxylic acids is 3. The molecule has 2 aromatic heterocycles. The monoisotopic (exact) mass is 372 g/mol. The fourth-order valence-electron chi connectivity index (χ4n) is 3.12. The predicted molar refractivity (Wildman–Crippen MR) is 96.1 cm³/mol. The van der Waals surface area contributed by atoms with Crippen LogP contribution in [0.2, 0.25) is 0 Å². The molecule has 1 aliphatic heterocycles. The van der Waals surface area contributed by atoms with Crippen molar-refractivity contribution in [2.45, 2.75) is 19.4 Å². The van der Waals surface area contributed by atoms with Gasteiger partial charge in [-0.1, -0.05) is 0 Å². The highest BCUT2D eigenvalue weighted by Crippen LogP contribution is 2.16. The smallest absolute Gasteiger partial charge is 0.307 e. The molecule has 0 aromatic carbocycles. The summed E-state index contributed by atoms with van der Waals surface area (Å²) in [4.78, 5) is 54.8. The van der Waals surface area contributed by atoms with Gasteiger partial charge in [-0.2, -0.15) is 0 Å². The number of aromatic nitrogens is 2. The van der Waals surface area contributed by atoms with E-state index < -0.39 is 23.5 Å². The van der Waals surface area contributed by atoms with Gasteiger partial charge in [0.15, 0.2) is 0 Å². The second kappa shape index (κ2) is 7.56. The molecule has 3 heterocycles. The third-order valence-electron chi connectivity index (χ3n) is 4.46. The van der Waals surface area contributed by atoms with E-state index in [-0.39, 0.29) is 37.6 Å². The molecule has 0 aliphatic carbocycles. The van der Waals surface area contributed by atoms with Gasteiger partial charge in [0.1, 0.15) is 17.8 Å². The minimum absolute atomic E-state index is 0.0602. The Morgan fingerprint density at radius 3 is 2.89 bits per heavy atom. The van der Waals surface area contributed by atoms with E-state index >= 15 is 0 Å². The van der Waals surface area contributed by atoms with E-state index in [0.717, 1.165) is 0 Å². The maximum Gasteiger partial charge on any atom is 0.307 e. The first kappa shape index (κ1) is 18.6. The van der Waals surface area contributed by atoms with Crippen molar-refractivity contribution in [2.75, 3.05) is 19.7 Å². The SMILES string of the molecule is CCOC(=O)CC1CNC(=O)CN1C(=O)c1cc2cccnc2n(C)c1=O. The summed E-state index contributed by atoms with van der Waals surface area (Å²) >= 11 is 0. The molecule has 1 saturated heterocycles. The highest BCUT2D eigenvalue weighted by atomic mass is 16.5. The Balaban J connectivity index is 1.97. The van der Waals surface area contributed by atoms with Crippen molar-refractivity contribution in [3.63, 3.8) is 0 Å². The Morgan fingerprint density at radius 2 is 2.15 bits per heavy atom. The quantitative estimate of drug-likeness (QED) is 0.746. The Kier molecular flexibility index (Phi) is 5.20. The minimum atomic E-state index is -0.592. The second-order valence-corrected chi connectivity index (χ2v) is 6.24. The number of fused-ring (bicyclic) bond motifs is 1. The maximum atomic E-state index is 13.1. The van der Waals surface area contributed by atoms with Gasteiger partial charge in [0.25, 0.3) is 11.5 Å². The molecule has 142 valence electrons. The molecule has 1 atom stereocenters. The Morgan fingerprint density at radius 1 is 1.37 bits per heavy atom. The number of piperazine rings is 1. The lowest BCUT2D eigenvalue weighted by Crippen LogP contribution is -2.57. The fraction of sp³-hybridized carbons (Fsp3) is 0.389. The molecule has 2 amide bonds. The highest BCUT2D eigenvalue weighted by Gasteiger charge is 2.34. The molecule has 1 aliphatic rings. The number of aryl methyl sites for hydroxylation is 1. The highest BCUT2D eigenvalue weighted by molar-refractivity contribution is 5.99. The van der Waals surface area contributed by atoms with Crippen molar-refractivity contribution < 1.29 is 19.1 Å². The Labute approximate surface area is 154 Å². The maximum absolute atomic E-state index is 13.1. The molecular formula is C18H20N4O5. The molecule has 0 saturated carbocycles. The zero-order chi connectivity index (χ0) is 19.6.